The van der Waals surface area contributed by atoms with Gasteiger partial charge in [-0.2, -0.15) is 0 Å². The number of amides is 2. The van der Waals surface area contributed by atoms with Crippen LogP contribution in [0.5, 0.6) is 0 Å². The number of ether oxygens (including phenoxy) is 1. The lowest BCUT2D eigenvalue weighted by atomic mass is 10.1. The summed E-state index contributed by atoms with van der Waals surface area (Å²) < 4.78 is 4.92. The number of hydrogen-bond donors (Lipinski definition) is 2. The first kappa shape index (κ1) is 22.7. The first-order chi connectivity index (χ1) is 13.9. The molecule has 0 atom stereocenters. The molecule has 0 aromatic heterocycles. The maximum absolute atomic E-state index is 12.0. The molecule has 0 unspecified atom stereocenters. The van der Waals surface area contributed by atoms with Gasteiger partial charge in [0.05, 0.1) is 10.7 Å². The molecule has 0 aliphatic rings. The Morgan fingerprint density at radius 1 is 0.931 bits per heavy atom. The van der Waals surface area contributed by atoms with Gasteiger partial charge >= 0.3 is 5.97 Å². The third kappa shape index (κ3) is 7.75. The summed E-state index contributed by atoms with van der Waals surface area (Å²) >= 11 is 11.8. The molecule has 0 spiro atoms. The van der Waals surface area contributed by atoms with Crippen molar-refractivity contribution in [1.82, 2.24) is 0 Å². The third-order valence-corrected chi connectivity index (χ3v) is 4.57. The van der Waals surface area contributed by atoms with Crippen LogP contribution in [0.25, 0.3) is 0 Å². The zero-order valence-corrected chi connectivity index (χ0v) is 17.5. The van der Waals surface area contributed by atoms with Gasteiger partial charge in [-0.1, -0.05) is 48.3 Å². The quantitative estimate of drug-likeness (QED) is 0.550. The summed E-state index contributed by atoms with van der Waals surface area (Å²) in [6.45, 7) is 1.58. The van der Waals surface area contributed by atoms with Gasteiger partial charge in [-0.3, -0.25) is 14.4 Å². The summed E-state index contributed by atoms with van der Waals surface area (Å²) in [7, 11) is 0. The first-order valence-electron chi connectivity index (χ1n) is 9.17. The Labute approximate surface area is 179 Å². The molecule has 2 amide bonds. The molecule has 0 radical (unpaired) electrons. The van der Waals surface area contributed by atoms with E-state index in [0.717, 1.165) is 17.7 Å². The summed E-state index contributed by atoms with van der Waals surface area (Å²) in [5, 5.41) is 6.11. The van der Waals surface area contributed by atoms with E-state index in [1.165, 1.54) is 6.07 Å². The molecule has 0 aliphatic heterocycles. The average molecular weight is 437 g/mol. The number of halogens is 2. The van der Waals surface area contributed by atoms with E-state index in [4.69, 9.17) is 27.9 Å². The van der Waals surface area contributed by atoms with Crippen molar-refractivity contribution in [3.8, 4) is 0 Å². The number of para-hydroxylation sites is 1. The number of carbonyl (C=O) groups is 3. The van der Waals surface area contributed by atoms with Gasteiger partial charge < -0.3 is 15.4 Å². The molecule has 0 fully saturated rings. The highest BCUT2D eigenvalue weighted by Crippen LogP contribution is 2.25. The molecular weight excluding hydrogens is 415 g/mol. The van der Waals surface area contributed by atoms with Crippen LogP contribution in [-0.4, -0.2) is 24.4 Å². The lowest BCUT2D eigenvalue weighted by Crippen LogP contribution is -2.21. The standard InChI is InChI=1S/C21H22Cl2N2O4/c1-2-14-6-3-4-7-17(14)24-19(26)8-5-9-21(28)29-13-20(27)25-18-11-10-15(22)12-16(18)23/h3-4,6-7,10-12H,2,5,8-9,13H2,1H3,(H,24,26)(H,25,27). The van der Waals surface area contributed by atoms with Crippen LogP contribution >= 0.6 is 23.2 Å². The number of aryl methyl sites for hydroxylation is 1. The molecular formula is C21H22Cl2N2O4. The van der Waals surface area contributed by atoms with Crippen LogP contribution in [0.3, 0.4) is 0 Å². The number of benzene rings is 2. The largest absolute Gasteiger partial charge is 0.456 e. The normalized spacial score (nSPS) is 10.3. The molecule has 2 aromatic rings. The monoisotopic (exact) mass is 436 g/mol. The van der Waals surface area contributed by atoms with Crippen LogP contribution in [0.4, 0.5) is 11.4 Å². The molecule has 0 saturated carbocycles. The highest BCUT2D eigenvalue weighted by molar-refractivity contribution is 6.36. The van der Waals surface area contributed by atoms with E-state index in [2.05, 4.69) is 10.6 Å². The number of anilines is 2. The van der Waals surface area contributed by atoms with Crippen LogP contribution in [0, 0.1) is 0 Å². The second kappa shape index (κ2) is 11.4. The Hall–Kier alpha value is -2.57. The lowest BCUT2D eigenvalue weighted by Gasteiger charge is -2.10. The fourth-order valence-electron chi connectivity index (χ4n) is 2.55. The number of esters is 1. The maximum Gasteiger partial charge on any atom is 0.306 e. The number of hydrogen-bond acceptors (Lipinski definition) is 4. The van der Waals surface area contributed by atoms with Gasteiger partial charge in [0.2, 0.25) is 5.91 Å². The van der Waals surface area contributed by atoms with Crippen molar-refractivity contribution in [1.29, 1.82) is 0 Å². The molecule has 0 aliphatic carbocycles. The second-order valence-corrected chi connectivity index (χ2v) is 7.09. The number of rotatable bonds is 9. The van der Waals surface area contributed by atoms with Gasteiger partial charge in [-0.05, 0) is 42.7 Å². The molecule has 0 heterocycles. The van der Waals surface area contributed by atoms with E-state index in [1.54, 1.807) is 12.1 Å². The summed E-state index contributed by atoms with van der Waals surface area (Å²) in [6, 6.07) is 12.2. The molecule has 2 aromatic carbocycles. The van der Waals surface area contributed by atoms with E-state index in [0.29, 0.717) is 17.1 Å². The van der Waals surface area contributed by atoms with Crippen LogP contribution in [0.15, 0.2) is 42.5 Å². The Bertz CT molecular complexity index is 887. The van der Waals surface area contributed by atoms with Gasteiger partial charge in [-0.15, -0.1) is 0 Å². The first-order valence-corrected chi connectivity index (χ1v) is 9.93. The van der Waals surface area contributed by atoms with Crippen LogP contribution in [0.2, 0.25) is 10.0 Å². The minimum Gasteiger partial charge on any atom is -0.456 e. The summed E-state index contributed by atoms with van der Waals surface area (Å²) in [5.74, 6) is -1.24. The van der Waals surface area contributed by atoms with Crippen molar-refractivity contribution in [2.24, 2.45) is 0 Å². The van der Waals surface area contributed by atoms with Gasteiger partial charge in [-0.25, -0.2) is 0 Å². The van der Waals surface area contributed by atoms with Crippen molar-refractivity contribution in [2.75, 3.05) is 17.2 Å². The van der Waals surface area contributed by atoms with E-state index >= 15 is 0 Å². The molecule has 0 saturated heterocycles. The SMILES string of the molecule is CCc1ccccc1NC(=O)CCCC(=O)OCC(=O)Nc1ccc(Cl)cc1Cl. The fourth-order valence-corrected chi connectivity index (χ4v) is 3.01. The van der Waals surface area contributed by atoms with Crippen molar-refractivity contribution in [3.05, 3.63) is 58.1 Å². The Balaban J connectivity index is 1.67. The Kier molecular flexibility index (Phi) is 8.96. The Morgan fingerprint density at radius 2 is 1.66 bits per heavy atom. The smallest absolute Gasteiger partial charge is 0.306 e. The van der Waals surface area contributed by atoms with E-state index < -0.39 is 18.5 Å². The van der Waals surface area contributed by atoms with Crippen molar-refractivity contribution < 1.29 is 19.1 Å². The molecule has 2 N–H and O–H groups in total. The summed E-state index contributed by atoms with van der Waals surface area (Å²) in [4.78, 5) is 35.7. The topological polar surface area (TPSA) is 84.5 Å². The molecule has 6 nitrogen and oxygen atoms in total. The number of nitrogens with one attached hydrogen (secondary N) is 2. The Morgan fingerprint density at radius 3 is 2.38 bits per heavy atom. The van der Waals surface area contributed by atoms with Crippen LogP contribution in [0.1, 0.15) is 31.7 Å². The number of carbonyl (C=O) groups excluding carboxylic acids is 3. The van der Waals surface area contributed by atoms with Gasteiger partial charge in [0.15, 0.2) is 6.61 Å². The minimum atomic E-state index is -0.552. The molecule has 154 valence electrons. The summed E-state index contributed by atoms with van der Waals surface area (Å²) in [5.41, 5.74) is 2.20. The van der Waals surface area contributed by atoms with Gasteiger partial charge in [0, 0.05) is 23.6 Å². The predicted molar refractivity (Wildman–Crippen MR) is 114 cm³/mol. The van der Waals surface area contributed by atoms with E-state index in [-0.39, 0.29) is 23.8 Å². The minimum absolute atomic E-state index is 0.0395. The highest BCUT2D eigenvalue weighted by atomic mass is 35.5. The molecule has 0 bridgehead atoms. The highest BCUT2D eigenvalue weighted by Gasteiger charge is 2.11. The maximum atomic E-state index is 12.0. The summed E-state index contributed by atoms with van der Waals surface area (Å²) in [6.07, 6.45) is 1.35. The molecule has 29 heavy (non-hydrogen) atoms. The third-order valence-electron chi connectivity index (χ3n) is 4.03. The van der Waals surface area contributed by atoms with Crippen LogP contribution in [-0.2, 0) is 25.5 Å². The lowest BCUT2D eigenvalue weighted by molar-refractivity contribution is -0.147. The zero-order chi connectivity index (χ0) is 21.2. The average Bonchev–Trinajstić information content (AvgIpc) is 2.69. The van der Waals surface area contributed by atoms with Crippen LogP contribution < -0.4 is 10.6 Å². The van der Waals surface area contributed by atoms with E-state index in [1.807, 2.05) is 31.2 Å². The zero-order valence-electron chi connectivity index (χ0n) is 16.0. The van der Waals surface area contributed by atoms with Gasteiger partial charge in [0.1, 0.15) is 0 Å². The van der Waals surface area contributed by atoms with Crippen molar-refractivity contribution in [3.63, 3.8) is 0 Å². The van der Waals surface area contributed by atoms with Gasteiger partial charge in [0.25, 0.3) is 5.91 Å². The van der Waals surface area contributed by atoms with E-state index in [9.17, 15) is 14.4 Å². The second-order valence-electron chi connectivity index (χ2n) is 6.25. The van der Waals surface area contributed by atoms with Crippen molar-refractivity contribution >= 4 is 52.4 Å². The predicted octanol–water partition coefficient (Wildman–Crippen LogP) is 4.85. The fraction of sp³-hybridized carbons (Fsp3) is 0.286. The molecule has 8 heteroatoms. The molecule has 2 rings (SSSR count). The van der Waals surface area contributed by atoms with Crippen molar-refractivity contribution in [2.45, 2.75) is 32.6 Å².